The molecule has 96 valence electrons. The van der Waals surface area contributed by atoms with Gasteiger partial charge < -0.3 is 10.1 Å². The van der Waals surface area contributed by atoms with Gasteiger partial charge in [-0.15, -0.1) is 5.10 Å². The molecule has 2 aromatic rings. The van der Waals surface area contributed by atoms with Gasteiger partial charge in [0.15, 0.2) is 5.65 Å². The summed E-state index contributed by atoms with van der Waals surface area (Å²) in [4.78, 5) is 4.45. The number of anilines is 1. The van der Waals surface area contributed by atoms with Crippen molar-refractivity contribution >= 4 is 11.6 Å². The third-order valence-corrected chi connectivity index (χ3v) is 3.27. The standard InChI is InChI=1S/C13H18N4O/c1-13(2)9-10(6-8-18-13)14-12-15-11-5-3-4-7-17(11)16-12/h3-5,7,10H,6,8-9H2,1-2H3,(H,14,16). The fourth-order valence-corrected chi connectivity index (χ4v) is 2.43. The van der Waals surface area contributed by atoms with Crippen LogP contribution in [0, 0.1) is 0 Å². The van der Waals surface area contributed by atoms with Crippen LogP contribution in [0.5, 0.6) is 0 Å². The van der Waals surface area contributed by atoms with E-state index in [1.165, 1.54) is 0 Å². The Morgan fingerprint density at radius 1 is 1.44 bits per heavy atom. The lowest BCUT2D eigenvalue weighted by molar-refractivity contribution is -0.0553. The minimum absolute atomic E-state index is 0.0604. The number of fused-ring (bicyclic) bond motifs is 1. The van der Waals surface area contributed by atoms with Gasteiger partial charge >= 0.3 is 0 Å². The molecule has 3 heterocycles. The van der Waals surface area contributed by atoms with Gasteiger partial charge in [-0.2, -0.15) is 4.98 Å². The Morgan fingerprint density at radius 3 is 3.11 bits per heavy atom. The number of nitrogens with one attached hydrogen (secondary N) is 1. The maximum Gasteiger partial charge on any atom is 0.243 e. The van der Waals surface area contributed by atoms with Gasteiger partial charge in [0.2, 0.25) is 5.95 Å². The summed E-state index contributed by atoms with van der Waals surface area (Å²) >= 11 is 0. The maximum atomic E-state index is 5.71. The zero-order valence-corrected chi connectivity index (χ0v) is 10.8. The van der Waals surface area contributed by atoms with Crippen LogP contribution in [0.4, 0.5) is 5.95 Å². The third-order valence-electron chi connectivity index (χ3n) is 3.27. The number of rotatable bonds is 2. The molecule has 5 nitrogen and oxygen atoms in total. The zero-order valence-electron chi connectivity index (χ0n) is 10.8. The largest absolute Gasteiger partial charge is 0.375 e. The summed E-state index contributed by atoms with van der Waals surface area (Å²) < 4.78 is 7.49. The number of hydrogen-bond donors (Lipinski definition) is 1. The molecular formula is C13H18N4O. The quantitative estimate of drug-likeness (QED) is 0.881. The molecule has 5 heteroatoms. The van der Waals surface area contributed by atoms with Gasteiger partial charge in [0.1, 0.15) is 0 Å². The highest BCUT2D eigenvalue weighted by atomic mass is 16.5. The van der Waals surface area contributed by atoms with Crippen LogP contribution in [0.2, 0.25) is 0 Å². The molecule has 0 aliphatic carbocycles. The van der Waals surface area contributed by atoms with Crippen molar-refractivity contribution in [1.29, 1.82) is 0 Å². The topological polar surface area (TPSA) is 51.5 Å². The monoisotopic (exact) mass is 246 g/mol. The van der Waals surface area contributed by atoms with E-state index in [-0.39, 0.29) is 5.60 Å². The van der Waals surface area contributed by atoms with E-state index in [4.69, 9.17) is 4.74 Å². The molecule has 0 amide bonds. The van der Waals surface area contributed by atoms with Crippen molar-refractivity contribution in [3.05, 3.63) is 24.4 Å². The Hall–Kier alpha value is -1.62. The maximum absolute atomic E-state index is 5.71. The van der Waals surface area contributed by atoms with Gasteiger partial charge in [0, 0.05) is 18.8 Å². The van der Waals surface area contributed by atoms with Gasteiger partial charge in [0.05, 0.1) is 5.60 Å². The Labute approximate surface area is 106 Å². The van der Waals surface area contributed by atoms with E-state index in [1.807, 2.05) is 24.4 Å². The van der Waals surface area contributed by atoms with E-state index in [2.05, 4.69) is 29.2 Å². The zero-order chi connectivity index (χ0) is 12.6. The first-order valence-electron chi connectivity index (χ1n) is 6.34. The molecule has 0 bridgehead atoms. The summed E-state index contributed by atoms with van der Waals surface area (Å²) in [5.74, 6) is 0.698. The van der Waals surface area contributed by atoms with Crippen molar-refractivity contribution in [2.24, 2.45) is 0 Å². The average Bonchev–Trinajstić information content (AvgIpc) is 2.69. The molecule has 0 spiro atoms. The molecule has 1 atom stereocenters. The van der Waals surface area contributed by atoms with E-state index >= 15 is 0 Å². The first-order valence-corrected chi connectivity index (χ1v) is 6.34. The summed E-state index contributed by atoms with van der Waals surface area (Å²) in [7, 11) is 0. The normalized spacial score (nSPS) is 23.1. The molecule has 0 radical (unpaired) electrons. The summed E-state index contributed by atoms with van der Waals surface area (Å²) in [6.45, 7) is 5.04. The van der Waals surface area contributed by atoms with Gasteiger partial charge in [-0.05, 0) is 38.8 Å². The van der Waals surface area contributed by atoms with Crippen LogP contribution in [0.3, 0.4) is 0 Å². The molecule has 0 saturated carbocycles. The van der Waals surface area contributed by atoms with Crippen molar-refractivity contribution in [2.75, 3.05) is 11.9 Å². The second-order valence-electron chi connectivity index (χ2n) is 5.38. The Bertz CT molecular complexity index is 516. The summed E-state index contributed by atoms with van der Waals surface area (Å²) in [5, 5.41) is 7.81. The Balaban J connectivity index is 1.76. The lowest BCUT2D eigenvalue weighted by Crippen LogP contribution is -2.40. The van der Waals surface area contributed by atoms with E-state index in [0.717, 1.165) is 25.1 Å². The molecule has 1 saturated heterocycles. The molecule has 1 unspecified atom stereocenters. The molecule has 1 aliphatic heterocycles. The number of nitrogens with zero attached hydrogens (tertiary/aromatic N) is 3. The molecule has 3 rings (SSSR count). The molecule has 1 fully saturated rings. The molecule has 1 N–H and O–H groups in total. The molecule has 1 aliphatic rings. The van der Waals surface area contributed by atoms with Gasteiger partial charge in [-0.1, -0.05) is 6.07 Å². The van der Waals surface area contributed by atoms with Crippen LogP contribution >= 0.6 is 0 Å². The van der Waals surface area contributed by atoms with E-state index < -0.39 is 0 Å². The van der Waals surface area contributed by atoms with Crippen LogP contribution in [0.25, 0.3) is 5.65 Å². The smallest absolute Gasteiger partial charge is 0.243 e. The molecule has 0 aromatic carbocycles. The van der Waals surface area contributed by atoms with Crippen LogP contribution in [0.1, 0.15) is 26.7 Å². The predicted octanol–water partition coefficient (Wildman–Crippen LogP) is 2.10. The third kappa shape index (κ3) is 2.31. The van der Waals surface area contributed by atoms with E-state index in [1.54, 1.807) is 4.52 Å². The van der Waals surface area contributed by atoms with E-state index in [9.17, 15) is 0 Å². The van der Waals surface area contributed by atoms with Crippen molar-refractivity contribution in [3.8, 4) is 0 Å². The van der Waals surface area contributed by atoms with E-state index in [0.29, 0.717) is 12.0 Å². The number of hydrogen-bond acceptors (Lipinski definition) is 4. The molecular weight excluding hydrogens is 228 g/mol. The first-order chi connectivity index (χ1) is 8.62. The molecule has 18 heavy (non-hydrogen) atoms. The fourth-order valence-electron chi connectivity index (χ4n) is 2.43. The van der Waals surface area contributed by atoms with Gasteiger partial charge in [-0.3, -0.25) is 0 Å². The number of pyridine rings is 1. The fraction of sp³-hybridized carbons (Fsp3) is 0.538. The highest BCUT2D eigenvalue weighted by Gasteiger charge is 2.29. The van der Waals surface area contributed by atoms with Crippen LogP contribution in [-0.4, -0.2) is 32.8 Å². The summed E-state index contributed by atoms with van der Waals surface area (Å²) in [6.07, 6.45) is 3.88. The molecule has 2 aromatic heterocycles. The highest BCUT2D eigenvalue weighted by Crippen LogP contribution is 2.25. The van der Waals surface area contributed by atoms with Crippen LogP contribution in [-0.2, 0) is 4.74 Å². The lowest BCUT2D eigenvalue weighted by Gasteiger charge is -2.35. The number of ether oxygens (including phenoxy) is 1. The highest BCUT2D eigenvalue weighted by molar-refractivity contribution is 5.43. The van der Waals surface area contributed by atoms with Crippen molar-refractivity contribution in [2.45, 2.75) is 38.3 Å². The Morgan fingerprint density at radius 2 is 2.33 bits per heavy atom. The average molecular weight is 246 g/mol. The lowest BCUT2D eigenvalue weighted by atomic mass is 9.94. The van der Waals surface area contributed by atoms with Gasteiger partial charge in [0.25, 0.3) is 0 Å². The van der Waals surface area contributed by atoms with Gasteiger partial charge in [-0.25, -0.2) is 4.52 Å². The second kappa shape index (κ2) is 4.24. The van der Waals surface area contributed by atoms with Crippen LogP contribution in [0.15, 0.2) is 24.4 Å². The summed E-state index contributed by atoms with van der Waals surface area (Å²) in [5.41, 5.74) is 0.807. The predicted molar refractivity (Wildman–Crippen MR) is 69.7 cm³/mol. The van der Waals surface area contributed by atoms with Crippen molar-refractivity contribution in [1.82, 2.24) is 14.6 Å². The second-order valence-corrected chi connectivity index (χ2v) is 5.38. The first kappa shape index (κ1) is 11.5. The number of aromatic nitrogens is 3. The Kier molecular flexibility index (Phi) is 2.70. The summed E-state index contributed by atoms with van der Waals surface area (Å²) in [6, 6.07) is 6.24. The minimum Gasteiger partial charge on any atom is -0.375 e. The minimum atomic E-state index is -0.0604. The van der Waals surface area contributed by atoms with Crippen LogP contribution < -0.4 is 5.32 Å². The SMILES string of the molecule is CC1(C)CC(Nc2nc3ccccn3n2)CCO1. The van der Waals surface area contributed by atoms with Crippen molar-refractivity contribution in [3.63, 3.8) is 0 Å². The van der Waals surface area contributed by atoms with Crippen molar-refractivity contribution < 1.29 is 4.74 Å².